The van der Waals surface area contributed by atoms with Crippen molar-refractivity contribution in [3.8, 4) is 23.0 Å². The number of aliphatic hydroxyl groups is 1. The molecule has 3 heterocycles. The maximum Gasteiger partial charge on any atom is 0.161 e. The smallest absolute Gasteiger partial charge is 0.161 e. The predicted molar refractivity (Wildman–Crippen MR) is 163 cm³/mol. The molecule has 5 rings (SSSR count). The van der Waals surface area contributed by atoms with Crippen LogP contribution in [0.3, 0.4) is 0 Å². The Hall–Kier alpha value is -1.90. The number of hydrogen-bond donors (Lipinski definition) is 1. The Balaban J connectivity index is 0.00000220. The van der Waals surface area contributed by atoms with Gasteiger partial charge in [-0.05, 0) is 97.5 Å². The lowest BCUT2D eigenvalue weighted by molar-refractivity contribution is 0.0502. The fourth-order valence-corrected chi connectivity index (χ4v) is 6.91. The molecule has 3 aliphatic heterocycles. The zero-order chi connectivity index (χ0) is 26.8. The summed E-state index contributed by atoms with van der Waals surface area (Å²) in [6.45, 7) is 5.93. The van der Waals surface area contributed by atoms with Gasteiger partial charge in [-0.3, -0.25) is 9.80 Å². The van der Waals surface area contributed by atoms with Crippen LogP contribution in [0, 0.1) is 5.92 Å². The summed E-state index contributed by atoms with van der Waals surface area (Å²) in [5.41, 5.74) is 5.45. The first-order chi connectivity index (χ1) is 18.5. The zero-order valence-corrected chi connectivity index (χ0v) is 26.1. The van der Waals surface area contributed by atoms with E-state index in [1.807, 2.05) is 0 Å². The van der Waals surface area contributed by atoms with Crippen molar-refractivity contribution in [1.29, 1.82) is 0 Å². The Morgan fingerprint density at radius 1 is 0.800 bits per heavy atom. The summed E-state index contributed by atoms with van der Waals surface area (Å²) in [4.78, 5) is 5.17. The van der Waals surface area contributed by atoms with Crippen molar-refractivity contribution < 1.29 is 24.1 Å². The summed E-state index contributed by atoms with van der Waals surface area (Å²) in [5, 5.41) is 10.6. The maximum atomic E-state index is 10.6. The summed E-state index contributed by atoms with van der Waals surface area (Å²) >= 11 is 0. The summed E-state index contributed by atoms with van der Waals surface area (Å²) in [7, 11) is 6.84. The third kappa shape index (κ3) is 6.44. The molecule has 0 radical (unpaired) electrons. The third-order valence-corrected chi connectivity index (χ3v) is 9.08. The molecule has 0 spiro atoms. The van der Waals surface area contributed by atoms with Crippen LogP contribution in [0.4, 0.5) is 0 Å². The van der Waals surface area contributed by atoms with E-state index in [-0.39, 0.29) is 37.0 Å². The normalized spacial score (nSPS) is 22.9. The molecule has 0 aliphatic carbocycles. The number of hydrogen-bond acceptors (Lipinski definition) is 7. The summed E-state index contributed by atoms with van der Waals surface area (Å²) in [6, 6.07) is 9.40. The molecular weight excluding hydrogens is 551 g/mol. The molecule has 1 saturated heterocycles. The van der Waals surface area contributed by atoms with Crippen molar-refractivity contribution >= 4 is 24.8 Å². The molecule has 0 saturated carbocycles. The van der Waals surface area contributed by atoms with Crippen molar-refractivity contribution in [2.45, 2.75) is 63.6 Å². The van der Waals surface area contributed by atoms with Crippen molar-refractivity contribution in [2.75, 3.05) is 54.6 Å². The van der Waals surface area contributed by atoms with Crippen LogP contribution in [0.1, 0.15) is 66.9 Å². The second-order valence-electron chi connectivity index (χ2n) is 11.1. The summed E-state index contributed by atoms with van der Waals surface area (Å²) < 4.78 is 22.6. The van der Waals surface area contributed by atoms with Crippen LogP contribution < -0.4 is 18.9 Å². The van der Waals surface area contributed by atoms with E-state index < -0.39 is 0 Å². The Bertz CT molecular complexity index is 1130. The van der Waals surface area contributed by atoms with Crippen molar-refractivity contribution in [3.63, 3.8) is 0 Å². The first-order valence-electron chi connectivity index (χ1n) is 14.1. The monoisotopic (exact) mass is 596 g/mol. The van der Waals surface area contributed by atoms with Crippen molar-refractivity contribution in [3.05, 3.63) is 46.5 Å². The van der Waals surface area contributed by atoms with Crippen LogP contribution in [-0.4, -0.2) is 75.6 Å². The Morgan fingerprint density at radius 2 is 1.35 bits per heavy atom. The van der Waals surface area contributed by atoms with E-state index in [4.69, 9.17) is 18.9 Å². The number of halogens is 2. The number of methoxy groups -OCH3 is 4. The van der Waals surface area contributed by atoms with Crippen LogP contribution in [0.15, 0.2) is 24.3 Å². The zero-order valence-electron chi connectivity index (χ0n) is 24.5. The number of benzene rings is 2. The van der Waals surface area contributed by atoms with E-state index in [0.29, 0.717) is 18.5 Å². The number of piperidine rings is 1. The second kappa shape index (κ2) is 14.3. The molecule has 224 valence electrons. The van der Waals surface area contributed by atoms with Gasteiger partial charge in [-0.1, -0.05) is 6.92 Å². The van der Waals surface area contributed by atoms with Gasteiger partial charge >= 0.3 is 0 Å². The van der Waals surface area contributed by atoms with E-state index in [1.54, 1.807) is 28.4 Å². The molecule has 0 bridgehead atoms. The molecule has 4 atom stereocenters. The highest BCUT2D eigenvalue weighted by Gasteiger charge is 2.38. The average molecular weight is 598 g/mol. The van der Waals surface area contributed by atoms with Gasteiger partial charge in [-0.15, -0.1) is 24.8 Å². The standard InChI is InChI=1S/C31H44N2O5.2ClH/c1-6-23(34)19-33-12-9-22-16-29(36-3)31(38-5)18-25(22)27(33)14-20-7-10-32-11-8-21-15-28(35-2)30(37-4)17-24(21)26(32)13-20;;/h15-18,20,23,26-27,34H,6-14,19H2,1-5H3;2*1H. The first-order valence-corrected chi connectivity index (χ1v) is 14.1. The lowest BCUT2D eigenvalue weighted by Gasteiger charge is -2.46. The molecule has 0 aromatic heterocycles. The van der Waals surface area contributed by atoms with Gasteiger partial charge in [0, 0.05) is 31.7 Å². The maximum absolute atomic E-state index is 10.6. The van der Waals surface area contributed by atoms with E-state index in [1.165, 1.54) is 28.7 Å². The highest BCUT2D eigenvalue weighted by Crippen LogP contribution is 2.47. The van der Waals surface area contributed by atoms with Gasteiger partial charge in [0.05, 0.1) is 34.5 Å². The number of nitrogens with zero attached hydrogens (tertiary/aromatic N) is 2. The minimum atomic E-state index is -0.311. The second-order valence-corrected chi connectivity index (χ2v) is 11.1. The van der Waals surface area contributed by atoms with Crippen molar-refractivity contribution in [1.82, 2.24) is 9.80 Å². The molecule has 3 aliphatic rings. The minimum absolute atomic E-state index is 0. The van der Waals surface area contributed by atoms with Gasteiger partial charge < -0.3 is 24.1 Å². The van der Waals surface area contributed by atoms with Crippen LogP contribution in [0.2, 0.25) is 0 Å². The molecule has 9 heteroatoms. The third-order valence-electron chi connectivity index (χ3n) is 9.08. The van der Waals surface area contributed by atoms with E-state index in [2.05, 4.69) is 41.0 Å². The van der Waals surface area contributed by atoms with Crippen LogP contribution >= 0.6 is 24.8 Å². The molecule has 4 unspecified atom stereocenters. The molecule has 2 aromatic carbocycles. The van der Waals surface area contributed by atoms with Crippen LogP contribution in [0.25, 0.3) is 0 Å². The molecule has 1 fully saturated rings. The fourth-order valence-electron chi connectivity index (χ4n) is 6.91. The number of rotatable bonds is 9. The minimum Gasteiger partial charge on any atom is -0.493 e. The predicted octanol–water partition coefficient (Wildman–Crippen LogP) is 5.63. The highest BCUT2D eigenvalue weighted by molar-refractivity contribution is 5.85. The van der Waals surface area contributed by atoms with Gasteiger partial charge in [-0.2, -0.15) is 0 Å². The molecular formula is C31H46Cl2N2O5. The fraction of sp³-hybridized carbons (Fsp3) is 0.613. The first kappa shape index (κ1) is 32.6. The molecule has 7 nitrogen and oxygen atoms in total. The Labute approximate surface area is 251 Å². The largest absolute Gasteiger partial charge is 0.493 e. The molecule has 0 amide bonds. The Kier molecular flexibility index (Phi) is 11.7. The van der Waals surface area contributed by atoms with Gasteiger partial charge in [0.15, 0.2) is 23.0 Å². The molecule has 40 heavy (non-hydrogen) atoms. The summed E-state index contributed by atoms with van der Waals surface area (Å²) in [5.74, 6) is 3.80. The molecule has 2 aromatic rings. The van der Waals surface area contributed by atoms with Gasteiger partial charge in [0.1, 0.15) is 0 Å². The summed E-state index contributed by atoms with van der Waals surface area (Å²) in [6.07, 6.45) is 5.87. The SMILES string of the molecule is CCC(O)CN1CCc2cc(OC)c(OC)cc2C1CC1CCN2CCc3cc(OC)c(OC)cc3C2C1.Cl.Cl. The quantitative estimate of drug-likeness (QED) is 0.402. The van der Waals surface area contributed by atoms with Gasteiger partial charge in [-0.25, -0.2) is 0 Å². The van der Waals surface area contributed by atoms with E-state index in [0.717, 1.165) is 74.7 Å². The van der Waals surface area contributed by atoms with Crippen molar-refractivity contribution in [2.24, 2.45) is 5.92 Å². The van der Waals surface area contributed by atoms with Crippen LogP contribution in [0.5, 0.6) is 23.0 Å². The average Bonchev–Trinajstić information content (AvgIpc) is 2.96. The number of aliphatic hydroxyl groups excluding tert-OH is 1. The van der Waals surface area contributed by atoms with Crippen LogP contribution in [-0.2, 0) is 12.8 Å². The van der Waals surface area contributed by atoms with E-state index in [9.17, 15) is 5.11 Å². The molecule has 1 N–H and O–H groups in total. The number of fused-ring (bicyclic) bond motifs is 4. The van der Waals surface area contributed by atoms with Gasteiger partial charge in [0.2, 0.25) is 0 Å². The topological polar surface area (TPSA) is 63.6 Å². The number of ether oxygens (including phenoxy) is 4. The lowest BCUT2D eigenvalue weighted by atomic mass is 9.77. The van der Waals surface area contributed by atoms with E-state index >= 15 is 0 Å². The highest BCUT2D eigenvalue weighted by atomic mass is 35.5. The lowest BCUT2D eigenvalue weighted by Crippen LogP contribution is -2.44. The number of β-amino-alcohol motifs (C(OH)–C–C–N with tert-alkyl or cyclic N) is 1. The Morgan fingerprint density at radius 3 is 1.95 bits per heavy atom. The van der Waals surface area contributed by atoms with Gasteiger partial charge in [0.25, 0.3) is 0 Å².